The van der Waals surface area contributed by atoms with Crippen LogP contribution in [0.2, 0.25) is 0 Å². The molecule has 0 saturated heterocycles. The van der Waals surface area contributed by atoms with Gasteiger partial charge in [-0.3, -0.25) is 10.1 Å². The van der Waals surface area contributed by atoms with Crippen LogP contribution in [0.5, 0.6) is 0 Å². The van der Waals surface area contributed by atoms with E-state index in [1.54, 1.807) is 14.1 Å². The van der Waals surface area contributed by atoms with Crippen LogP contribution < -0.4 is 21.9 Å². The van der Waals surface area contributed by atoms with E-state index in [2.05, 4.69) is 21.0 Å². The summed E-state index contributed by atoms with van der Waals surface area (Å²) in [5.41, 5.74) is 2.12. The number of carbonyl (C=O) groups is 1. The van der Waals surface area contributed by atoms with Gasteiger partial charge in [0.15, 0.2) is 0 Å². The molecular formula is C10H17N7O3. The number of amides is 2. The van der Waals surface area contributed by atoms with Crippen LogP contribution in [0, 0.1) is 10.1 Å². The third kappa shape index (κ3) is 4.57. The topological polar surface area (TPSA) is 138 Å². The first kappa shape index (κ1) is 15.4. The number of anilines is 2. The largest absolute Gasteiger partial charge is 0.368 e. The highest BCUT2D eigenvalue weighted by Crippen LogP contribution is 2.19. The Labute approximate surface area is 115 Å². The van der Waals surface area contributed by atoms with E-state index in [1.807, 2.05) is 0 Å². The van der Waals surface area contributed by atoms with E-state index >= 15 is 0 Å². The fourth-order valence-electron chi connectivity index (χ4n) is 1.30. The third-order valence-corrected chi connectivity index (χ3v) is 2.28. The van der Waals surface area contributed by atoms with Crippen molar-refractivity contribution in [2.24, 2.45) is 5.84 Å². The van der Waals surface area contributed by atoms with Crippen LogP contribution >= 0.6 is 0 Å². The minimum absolute atomic E-state index is 0.132. The second-order valence-electron chi connectivity index (χ2n) is 4.05. The molecule has 1 rings (SSSR count). The van der Waals surface area contributed by atoms with Crippen LogP contribution in [0.1, 0.15) is 0 Å². The summed E-state index contributed by atoms with van der Waals surface area (Å²) in [5, 5.41) is 16.2. The fourth-order valence-corrected chi connectivity index (χ4v) is 1.30. The van der Waals surface area contributed by atoms with Gasteiger partial charge in [-0.2, -0.15) is 0 Å². The number of hydrazine groups is 1. The lowest BCUT2D eigenvalue weighted by Crippen LogP contribution is -2.37. The van der Waals surface area contributed by atoms with Gasteiger partial charge in [0, 0.05) is 27.2 Å². The lowest BCUT2D eigenvalue weighted by molar-refractivity contribution is -0.384. The second-order valence-corrected chi connectivity index (χ2v) is 4.05. The molecule has 0 aliphatic rings. The molecule has 0 spiro atoms. The number of nitro groups is 1. The van der Waals surface area contributed by atoms with Crippen LogP contribution in [0.25, 0.3) is 0 Å². The summed E-state index contributed by atoms with van der Waals surface area (Å²) in [6.45, 7) is 0.727. The highest BCUT2D eigenvalue weighted by molar-refractivity contribution is 5.73. The van der Waals surface area contributed by atoms with Gasteiger partial charge in [0.2, 0.25) is 0 Å². The average Bonchev–Trinajstić information content (AvgIpc) is 2.42. The molecule has 1 heterocycles. The van der Waals surface area contributed by atoms with Gasteiger partial charge in [-0.1, -0.05) is 0 Å². The molecular weight excluding hydrogens is 266 g/mol. The summed E-state index contributed by atoms with van der Waals surface area (Å²) in [4.78, 5) is 26.9. The second kappa shape index (κ2) is 7.09. The molecule has 0 aromatic carbocycles. The molecule has 0 radical (unpaired) electrons. The van der Waals surface area contributed by atoms with Gasteiger partial charge in [0.25, 0.3) is 5.69 Å². The minimum atomic E-state index is -0.540. The predicted molar refractivity (Wildman–Crippen MR) is 74.3 cm³/mol. The Bertz CT molecular complexity index is 492. The maximum Gasteiger partial charge on any atom is 0.316 e. The number of nitrogens with two attached hydrogens (primary N) is 1. The summed E-state index contributed by atoms with van der Waals surface area (Å²) in [5.74, 6) is 5.67. The molecule has 0 aliphatic heterocycles. The molecule has 20 heavy (non-hydrogen) atoms. The first-order chi connectivity index (χ1) is 9.43. The molecule has 0 bridgehead atoms. The molecule has 5 N–H and O–H groups in total. The van der Waals surface area contributed by atoms with E-state index in [9.17, 15) is 14.9 Å². The van der Waals surface area contributed by atoms with Crippen molar-refractivity contribution in [3.63, 3.8) is 0 Å². The van der Waals surface area contributed by atoms with E-state index in [-0.39, 0.29) is 17.5 Å². The molecule has 10 heteroatoms. The Hall–Kier alpha value is -2.62. The highest BCUT2D eigenvalue weighted by atomic mass is 16.6. The predicted octanol–water partition coefficient (Wildman–Crippen LogP) is -0.0415. The minimum Gasteiger partial charge on any atom is -0.368 e. The number of urea groups is 1. The standard InChI is InChI=1S/C10H17N7O3/c1-16(2)10(18)13-4-3-12-8-5-7(17(19)20)6-9(14-8)15-11/h5-6H,3-4,11H2,1-2H3,(H,13,18)(H2,12,14,15). The molecule has 1 aromatic heterocycles. The molecule has 10 nitrogen and oxygen atoms in total. The number of hydrogen-bond acceptors (Lipinski definition) is 7. The van der Waals surface area contributed by atoms with Gasteiger partial charge in [-0.05, 0) is 0 Å². The van der Waals surface area contributed by atoms with Gasteiger partial charge in [-0.15, -0.1) is 0 Å². The van der Waals surface area contributed by atoms with Crippen molar-refractivity contribution in [2.45, 2.75) is 0 Å². The van der Waals surface area contributed by atoms with Crippen molar-refractivity contribution >= 4 is 23.4 Å². The summed E-state index contributed by atoms with van der Waals surface area (Å²) in [6, 6.07) is 2.29. The van der Waals surface area contributed by atoms with Crippen molar-refractivity contribution in [1.29, 1.82) is 0 Å². The first-order valence-corrected chi connectivity index (χ1v) is 5.76. The van der Waals surface area contributed by atoms with Crippen molar-refractivity contribution in [3.8, 4) is 0 Å². The molecule has 0 saturated carbocycles. The van der Waals surface area contributed by atoms with E-state index in [4.69, 9.17) is 5.84 Å². The Balaban J connectivity index is 2.57. The van der Waals surface area contributed by atoms with Crippen LogP contribution in [0.3, 0.4) is 0 Å². The first-order valence-electron chi connectivity index (χ1n) is 5.76. The summed E-state index contributed by atoms with van der Waals surface area (Å²) in [7, 11) is 3.26. The maximum absolute atomic E-state index is 11.3. The number of rotatable bonds is 6. The summed E-state index contributed by atoms with van der Waals surface area (Å²) < 4.78 is 0. The molecule has 0 fully saturated rings. The van der Waals surface area contributed by atoms with Crippen LogP contribution in [0.15, 0.2) is 12.1 Å². The number of nitrogen functional groups attached to an aromatic ring is 1. The zero-order valence-electron chi connectivity index (χ0n) is 11.2. The summed E-state index contributed by atoms with van der Waals surface area (Å²) >= 11 is 0. The van der Waals surface area contributed by atoms with Crippen molar-refractivity contribution in [1.82, 2.24) is 15.2 Å². The normalized spacial score (nSPS) is 9.75. The Kier molecular flexibility index (Phi) is 5.47. The van der Waals surface area contributed by atoms with Gasteiger partial charge < -0.3 is 21.0 Å². The van der Waals surface area contributed by atoms with Crippen LogP contribution in [0.4, 0.5) is 22.1 Å². The highest BCUT2D eigenvalue weighted by Gasteiger charge is 2.10. The van der Waals surface area contributed by atoms with Crippen molar-refractivity contribution in [2.75, 3.05) is 37.9 Å². The lowest BCUT2D eigenvalue weighted by Gasteiger charge is -2.12. The van der Waals surface area contributed by atoms with Crippen LogP contribution in [-0.4, -0.2) is 48.0 Å². The van der Waals surface area contributed by atoms with Crippen molar-refractivity contribution < 1.29 is 9.72 Å². The maximum atomic E-state index is 11.3. The number of nitrogens with zero attached hydrogens (tertiary/aromatic N) is 3. The quantitative estimate of drug-likeness (QED) is 0.248. The number of hydrogen-bond donors (Lipinski definition) is 4. The van der Waals surface area contributed by atoms with E-state index in [0.29, 0.717) is 18.9 Å². The molecule has 0 atom stereocenters. The van der Waals surface area contributed by atoms with E-state index in [1.165, 1.54) is 17.0 Å². The third-order valence-electron chi connectivity index (χ3n) is 2.28. The van der Waals surface area contributed by atoms with Crippen molar-refractivity contribution in [3.05, 3.63) is 22.2 Å². The number of aromatic nitrogens is 1. The Morgan fingerprint density at radius 1 is 1.40 bits per heavy atom. The SMILES string of the molecule is CN(C)C(=O)NCCNc1cc([N+](=O)[O-])cc(NN)n1. The van der Waals surface area contributed by atoms with E-state index in [0.717, 1.165) is 0 Å². The smallest absolute Gasteiger partial charge is 0.316 e. The fraction of sp³-hybridized carbons (Fsp3) is 0.400. The number of pyridine rings is 1. The van der Waals surface area contributed by atoms with E-state index < -0.39 is 4.92 Å². The molecule has 110 valence electrons. The molecule has 0 aliphatic carbocycles. The van der Waals surface area contributed by atoms with Gasteiger partial charge in [-0.25, -0.2) is 15.6 Å². The molecule has 1 aromatic rings. The monoisotopic (exact) mass is 283 g/mol. The van der Waals surface area contributed by atoms with Gasteiger partial charge in [0.1, 0.15) is 11.6 Å². The summed E-state index contributed by atoms with van der Waals surface area (Å²) in [6.07, 6.45) is 0. The van der Waals surface area contributed by atoms with Crippen LogP contribution in [-0.2, 0) is 0 Å². The van der Waals surface area contributed by atoms with Gasteiger partial charge >= 0.3 is 6.03 Å². The van der Waals surface area contributed by atoms with Gasteiger partial charge in [0.05, 0.1) is 17.1 Å². The lowest BCUT2D eigenvalue weighted by atomic mass is 10.3. The Morgan fingerprint density at radius 2 is 2.05 bits per heavy atom. The zero-order valence-corrected chi connectivity index (χ0v) is 11.2. The number of nitrogens with one attached hydrogen (secondary N) is 3. The average molecular weight is 283 g/mol. The Morgan fingerprint density at radius 3 is 2.60 bits per heavy atom. The molecule has 2 amide bonds. The molecule has 0 unspecified atom stereocenters. The number of carbonyl (C=O) groups excluding carboxylic acids is 1. The zero-order chi connectivity index (χ0) is 15.1.